The van der Waals surface area contributed by atoms with Crippen molar-refractivity contribution in [2.75, 3.05) is 6.61 Å². The molecule has 0 radical (unpaired) electrons. The first-order valence-electron chi connectivity index (χ1n) is 4.78. The Labute approximate surface area is 103 Å². The van der Waals surface area contributed by atoms with Crippen LogP contribution in [0.5, 0.6) is 0 Å². The van der Waals surface area contributed by atoms with E-state index in [1.165, 1.54) is 11.6 Å². The standard InChI is InChI=1S/C10H16BrClO3/c1-9(13,3-4-12)8-5-7(11)10(2,14)6-15-8/h3-4,7-8,13-14H,5-6H2,1-2H3/b4-3+/t7?,8?,9-,10?/m1/s1. The molecule has 0 spiro atoms. The molecule has 1 aliphatic rings. The van der Waals surface area contributed by atoms with Gasteiger partial charge in [0.05, 0.1) is 18.3 Å². The number of rotatable bonds is 2. The highest BCUT2D eigenvalue weighted by molar-refractivity contribution is 9.09. The second kappa shape index (κ2) is 4.72. The average Bonchev–Trinajstić information content (AvgIpc) is 2.09. The second-order valence-electron chi connectivity index (χ2n) is 4.38. The van der Waals surface area contributed by atoms with Crippen LogP contribution in [0, 0.1) is 0 Å². The maximum atomic E-state index is 10.0. The minimum atomic E-state index is -1.11. The Morgan fingerprint density at radius 3 is 2.73 bits per heavy atom. The van der Waals surface area contributed by atoms with Crippen LogP contribution >= 0.6 is 27.5 Å². The maximum Gasteiger partial charge on any atom is 0.107 e. The molecule has 0 aromatic heterocycles. The molecule has 5 heteroatoms. The van der Waals surface area contributed by atoms with E-state index < -0.39 is 11.2 Å². The van der Waals surface area contributed by atoms with Crippen molar-refractivity contribution in [1.82, 2.24) is 0 Å². The van der Waals surface area contributed by atoms with Crippen LogP contribution in [0.1, 0.15) is 20.3 Å². The van der Waals surface area contributed by atoms with E-state index in [9.17, 15) is 10.2 Å². The summed E-state index contributed by atoms with van der Waals surface area (Å²) in [6, 6.07) is 0. The first-order valence-corrected chi connectivity index (χ1v) is 6.13. The fourth-order valence-corrected chi connectivity index (χ4v) is 2.24. The lowest BCUT2D eigenvalue weighted by molar-refractivity contribution is -0.152. The van der Waals surface area contributed by atoms with Crippen LogP contribution in [-0.2, 0) is 4.74 Å². The summed E-state index contributed by atoms with van der Waals surface area (Å²) in [4.78, 5) is -0.0982. The Bertz CT molecular complexity index is 253. The summed E-state index contributed by atoms with van der Waals surface area (Å²) in [7, 11) is 0. The summed E-state index contributed by atoms with van der Waals surface area (Å²) < 4.78 is 5.44. The van der Waals surface area contributed by atoms with Crippen molar-refractivity contribution >= 4 is 27.5 Å². The average molecular weight is 300 g/mol. The van der Waals surface area contributed by atoms with Gasteiger partial charge in [0.2, 0.25) is 0 Å². The van der Waals surface area contributed by atoms with Crippen molar-refractivity contribution in [2.24, 2.45) is 0 Å². The van der Waals surface area contributed by atoms with Gasteiger partial charge in [-0.15, -0.1) is 0 Å². The van der Waals surface area contributed by atoms with E-state index in [1.54, 1.807) is 13.8 Å². The lowest BCUT2D eigenvalue weighted by atomic mass is 9.88. The minimum absolute atomic E-state index is 0.0982. The minimum Gasteiger partial charge on any atom is -0.387 e. The summed E-state index contributed by atoms with van der Waals surface area (Å²) in [5.41, 5.74) is -0.721. The number of ether oxygens (including phenoxy) is 1. The highest BCUT2D eigenvalue weighted by atomic mass is 79.9. The molecule has 2 N–H and O–H groups in total. The summed E-state index contributed by atoms with van der Waals surface area (Å²) in [6.45, 7) is 3.53. The van der Waals surface area contributed by atoms with E-state index in [0.29, 0.717) is 6.42 Å². The zero-order chi connectivity index (χ0) is 11.7. The van der Waals surface area contributed by atoms with Crippen molar-refractivity contribution < 1.29 is 14.9 Å². The topological polar surface area (TPSA) is 49.7 Å². The maximum absolute atomic E-state index is 10.0. The normalized spacial score (nSPS) is 41.7. The molecule has 1 heterocycles. The third-order valence-corrected chi connectivity index (χ3v) is 4.21. The first-order chi connectivity index (χ1) is 6.79. The molecule has 0 aromatic carbocycles. The highest BCUT2D eigenvalue weighted by Gasteiger charge is 2.43. The number of alkyl halides is 1. The SMILES string of the molecule is CC1(O)COC([C@](C)(O)/C=C/Cl)CC1Br. The van der Waals surface area contributed by atoms with Gasteiger partial charge in [-0.1, -0.05) is 27.5 Å². The van der Waals surface area contributed by atoms with Crippen molar-refractivity contribution in [3.05, 3.63) is 11.6 Å². The number of hydrogen-bond acceptors (Lipinski definition) is 3. The zero-order valence-corrected chi connectivity index (χ0v) is 11.1. The predicted molar refractivity (Wildman–Crippen MR) is 63.3 cm³/mol. The molecule has 1 rings (SSSR count). The quantitative estimate of drug-likeness (QED) is 0.764. The molecule has 0 aliphatic carbocycles. The Kier molecular flexibility index (Phi) is 4.23. The molecule has 1 saturated heterocycles. The molecular weight excluding hydrogens is 283 g/mol. The molecule has 0 amide bonds. The Morgan fingerprint density at radius 2 is 2.27 bits per heavy atom. The van der Waals surface area contributed by atoms with Crippen LogP contribution in [0.25, 0.3) is 0 Å². The Morgan fingerprint density at radius 1 is 1.67 bits per heavy atom. The molecule has 3 unspecified atom stereocenters. The van der Waals surface area contributed by atoms with Gasteiger partial charge in [-0.2, -0.15) is 0 Å². The van der Waals surface area contributed by atoms with E-state index in [0.717, 1.165) is 0 Å². The number of hydrogen-bond donors (Lipinski definition) is 2. The molecular formula is C10H16BrClO3. The van der Waals surface area contributed by atoms with Crippen LogP contribution in [0.2, 0.25) is 0 Å². The summed E-state index contributed by atoms with van der Waals surface area (Å²) in [6.07, 6.45) is 1.65. The van der Waals surface area contributed by atoms with Gasteiger partial charge in [0.1, 0.15) is 5.60 Å². The fourth-order valence-electron chi connectivity index (χ4n) is 1.51. The molecule has 4 atom stereocenters. The molecule has 1 fully saturated rings. The van der Waals surface area contributed by atoms with Gasteiger partial charge in [0.25, 0.3) is 0 Å². The van der Waals surface area contributed by atoms with Gasteiger partial charge >= 0.3 is 0 Å². The number of halogens is 2. The van der Waals surface area contributed by atoms with Crippen LogP contribution in [-0.4, -0.2) is 39.0 Å². The highest BCUT2D eigenvalue weighted by Crippen LogP contribution is 2.33. The van der Waals surface area contributed by atoms with Gasteiger partial charge in [-0.05, 0) is 26.3 Å². The van der Waals surface area contributed by atoms with Gasteiger partial charge in [0, 0.05) is 10.4 Å². The van der Waals surface area contributed by atoms with Crippen molar-refractivity contribution in [3.63, 3.8) is 0 Å². The van der Waals surface area contributed by atoms with E-state index >= 15 is 0 Å². The van der Waals surface area contributed by atoms with Crippen LogP contribution in [0.3, 0.4) is 0 Å². The summed E-state index contributed by atoms with van der Waals surface area (Å²) in [5.74, 6) is 0. The lowest BCUT2D eigenvalue weighted by Gasteiger charge is -2.42. The third kappa shape index (κ3) is 3.17. The second-order valence-corrected chi connectivity index (χ2v) is 5.74. The predicted octanol–water partition coefficient (Wildman–Crippen LogP) is 1.79. The Balaban J connectivity index is 2.69. The molecule has 0 aromatic rings. The summed E-state index contributed by atoms with van der Waals surface area (Å²) in [5, 5.41) is 19.9. The first kappa shape index (κ1) is 13.5. The molecule has 0 saturated carbocycles. The van der Waals surface area contributed by atoms with Crippen LogP contribution in [0.15, 0.2) is 11.6 Å². The molecule has 3 nitrogen and oxygen atoms in total. The van der Waals surface area contributed by atoms with Crippen molar-refractivity contribution in [3.8, 4) is 0 Å². The third-order valence-electron chi connectivity index (χ3n) is 2.72. The molecule has 15 heavy (non-hydrogen) atoms. The van der Waals surface area contributed by atoms with Gasteiger partial charge < -0.3 is 14.9 Å². The fraction of sp³-hybridized carbons (Fsp3) is 0.800. The van der Waals surface area contributed by atoms with Gasteiger partial charge in [0.15, 0.2) is 0 Å². The smallest absolute Gasteiger partial charge is 0.107 e. The molecule has 0 bridgehead atoms. The molecule has 1 aliphatic heterocycles. The van der Waals surface area contributed by atoms with Crippen molar-refractivity contribution in [1.29, 1.82) is 0 Å². The summed E-state index contributed by atoms with van der Waals surface area (Å²) >= 11 is 8.84. The lowest BCUT2D eigenvalue weighted by Crippen LogP contribution is -2.53. The van der Waals surface area contributed by atoms with Crippen LogP contribution in [0.4, 0.5) is 0 Å². The van der Waals surface area contributed by atoms with E-state index in [4.69, 9.17) is 16.3 Å². The zero-order valence-electron chi connectivity index (χ0n) is 8.78. The van der Waals surface area contributed by atoms with Gasteiger partial charge in [-0.25, -0.2) is 0 Å². The largest absolute Gasteiger partial charge is 0.387 e. The number of aliphatic hydroxyl groups is 2. The van der Waals surface area contributed by atoms with E-state index in [1.807, 2.05) is 0 Å². The molecule has 88 valence electrons. The monoisotopic (exact) mass is 298 g/mol. The Hall–Kier alpha value is 0.390. The van der Waals surface area contributed by atoms with E-state index in [-0.39, 0.29) is 17.5 Å². The van der Waals surface area contributed by atoms with Gasteiger partial charge in [-0.3, -0.25) is 0 Å². The van der Waals surface area contributed by atoms with Crippen LogP contribution < -0.4 is 0 Å². The van der Waals surface area contributed by atoms with E-state index in [2.05, 4.69) is 15.9 Å². The van der Waals surface area contributed by atoms with Crippen molar-refractivity contribution in [2.45, 2.75) is 42.4 Å².